The van der Waals surface area contributed by atoms with Crippen LogP contribution in [0.25, 0.3) is 0 Å². The fourth-order valence-electron chi connectivity index (χ4n) is 2.77. The van der Waals surface area contributed by atoms with Crippen molar-refractivity contribution in [2.45, 2.75) is 51.7 Å². The normalized spacial score (nSPS) is 25.3. The molecule has 1 aromatic rings. The van der Waals surface area contributed by atoms with Gasteiger partial charge in [-0.3, -0.25) is 4.79 Å². The molecular formula is C13H22N4O. The molecule has 0 aliphatic carbocycles. The van der Waals surface area contributed by atoms with Gasteiger partial charge in [0.25, 0.3) is 0 Å². The monoisotopic (exact) mass is 250 g/mol. The maximum Gasteiger partial charge on any atom is 0.223 e. The van der Waals surface area contributed by atoms with Crippen LogP contribution in [-0.4, -0.2) is 32.9 Å². The lowest BCUT2D eigenvalue weighted by Gasteiger charge is -2.33. The number of imidazole rings is 1. The van der Waals surface area contributed by atoms with E-state index in [0.29, 0.717) is 13.0 Å². The Balaban J connectivity index is 2.38. The van der Waals surface area contributed by atoms with E-state index in [1.165, 1.54) is 0 Å². The molecular weight excluding hydrogens is 228 g/mol. The van der Waals surface area contributed by atoms with E-state index in [0.717, 1.165) is 25.1 Å². The first kappa shape index (κ1) is 13.1. The summed E-state index contributed by atoms with van der Waals surface area (Å²) in [5, 5.41) is 0. The maximum atomic E-state index is 12.1. The Morgan fingerprint density at radius 2 is 2.22 bits per heavy atom. The van der Waals surface area contributed by atoms with Crippen LogP contribution in [0.15, 0.2) is 12.5 Å². The fourth-order valence-corrected chi connectivity index (χ4v) is 2.77. The van der Waals surface area contributed by atoms with Crippen LogP contribution < -0.4 is 5.73 Å². The number of hydrogen-bond acceptors (Lipinski definition) is 3. The van der Waals surface area contributed by atoms with Crippen molar-refractivity contribution < 1.29 is 4.79 Å². The predicted molar refractivity (Wildman–Crippen MR) is 69.9 cm³/mol. The van der Waals surface area contributed by atoms with E-state index in [9.17, 15) is 4.79 Å². The van der Waals surface area contributed by atoms with Crippen LogP contribution in [0.3, 0.4) is 0 Å². The minimum Gasteiger partial charge on any atom is -0.333 e. The summed E-state index contributed by atoms with van der Waals surface area (Å²) in [6.07, 6.45) is 6.04. The van der Waals surface area contributed by atoms with Crippen molar-refractivity contribution >= 4 is 5.91 Å². The second-order valence-electron chi connectivity index (χ2n) is 4.79. The van der Waals surface area contributed by atoms with E-state index in [1.807, 2.05) is 24.3 Å². The van der Waals surface area contributed by atoms with Gasteiger partial charge in [0.1, 0.15) is 0 Å². The SMILES string of the molecule is CCN1C(=O)CCCC(N)C1c1cncn1CC. The van der Waals surface area contributed by atoms with E-state index >= 15 is 0 Å². The molecule has 0 spiro atoms. The average molecular weight is 250 g/mol. The van der Waals surface area contributed by atoms with Gasteiger partial charge in [0, 0.05) is 25.6 Å². The maximum absolute atomic E-state index is 12.1. The molecule has 2 N–H and O–H groups in total. The van der Waals surface area contributed by atoms with Gasteiger partial charge in [-0.05, 0) is 26.7 Å². The molecule has 0 aromatic carbocycles. The van der Waals surface area contributed by atoms with Gasteiger partial charge in [-0.15, -0.1) is 0 Å². The van der Waals surface area contributed by atoms with E-state index < -0.39 is 0 Å². The molecule has 5 nitrogen and oxygen atoms in total. The molecule has 2 unspecified atom stereocenters. The molecule has 1 aromatic heterocycles. The molecule has 1 saturated heterocycles. The number of nitrogens with two attached hydrogens (primary N) is 1. The zero-order valence-corrected chi connectivity index (χ0v) is 11.2. The van der Waals surface area contributed by atoms with Crippen LogP contribution in [0.4, 0.5) is 0 Å². The van der Waals surface area contributed by atoms with Crippen molar-refractivity contribution in [3.8, 4) is 0 Å². The summed E-state index contributed by atoms with van der Waals surface area (Å²) in [6, 6.07) is -0.0363. The second-order valence-corrected chi connectivity index (χ2v) is 4.79. The summed E-state index contributed by atoms with van der Waals surface area (Å²) in [5.41, 5.74) is 7.34. The van der Waals surface area contributed by atoms with Crippen molar-refractivity contribution in [2.24, 2.45) is 5.73 Å². The minimum atomic E-state index is -0.0348. The Bertz CT molecular complexity index is 415. The Hall–Kier alpha value is -1.36. The molecule has 2 heterocycles. The summed E-state index contributed by atoms with van der Waals surface area (Å²) in [6.45, 7) is 5.64. The summed E-state index contributed by atoms with van der Waals surface area (Å²) < 4.78 is 2.08. The molecule has 100 valence electrons. The largest absolute Gasteiger partial charge is 0.333 e. The average Bonchev–Trinajstić information content (AvgIpc) is 2.77. The number of carbonyl (C=O) groups is 1. The van der Waals surface area contributed by atoms with Gasteiger partial charge in [-0.2, -0.15) is 0 Å². The van der Waals surface area contributed by atoms with Crippen molar-refractivity contribution in [3.63, 3.8) is 0 Å². The molecule has 1 aliphatic rings. The van der Waals surface area contributed by atoms with E-state index in [4.69, 9.17) is 5.73 Å². The molecule has 2 rings (SSSR count). The standard InChI is InChI=1S/C13H22N4O/c1-3-16-9-15-8-11(16)13-10(14)6-5-7-12(18)17(13)4-2/h8-10,13H,3-7,14H2,1-2H3. The highest BCUT2D eigenvalue weighted by atomic mass is 16.2. The van der Waals surface area contributed by atoms with Crippen molar-refractivity contribution in [3.05, 3.63) is 18.2 Å². The number of hydrogen-bond donors (Lipinski definition) is 1. The van der Waals surface area contributed by atoms with Gasteiger partial charge >= 0.3 is 0 Å². The molecule has 0 bridgehead atoms. The highest BCUT2D eigenvalue weighted by molar-refractivity contribution is 5.77. The Labute approximate surface area is 108 Å². The molecule has 2 atom stereocenters. The van der Waals surface area contributed by atoms with Crippen molar-refractivity contribution in [2.75, 3.05) is 6.54 Å². The molecule has 5 heteroatoms. The number of rotatable bonds is 3. The smallest absolute Gasteiger partial charge is 0.223 e. The molecule has 1 fully saturated rings. The van der Waals surface area contributed by atoms with Gasteiger partial charge in [0.05, 0.1) is 24.3 Å². The third-order valence-corrected chi connectivity index (χ3v) is 3.72. The summed E-state index contributed by atoms with van der Waals surface area (Å²) >= 11 is 0. The lowest BCUT2D eigenvalue weighted by atomic mass is 10.0. The third-order valence-electron chi connectivity index (χ3n) is 3.72. The molecule has 0 radical (unpaired) electrons. The quantitative estimate of drug-likeness (QED) is 0.879. The van der Waals surface area contributed by atoms with E-state index in [2.05, 4.69) is 16.5 Å². The van der Waals surface area contributed by atoms with Gasteiger partial charge in [0.2, 0.25) is 5.91 Å². The van der Waals surface area contributed by atoms with Crippen LogP contribution in [0, 0.1) is 0 Å². The number of likely N-dealkylation sites (N-methyl/N-ethyl adjacent to an activating group) is 1. The number of carbonyl (C=O) groups excluding carboxylic acids is 1. The third kappa shape index (κ3) is 2.27. The zero-order chi connectivity index (χ0) is 13.1. The van der Waals surface area contributed by atoms with Gasteiger partial charge in [0.15, 0.2) is 0 Å². The number of aryl methyl sites for hydroxylation is 1. The Kier molecular flexibility index (Phi) is 4.01. The first-order valence-electron chi connectivity index (χ1n) is 6.74. The lowest BCUT2D eigenvalue weighted by Crippen LogP contribution is -2.43. The first-order chi connectivity index (χ1) is 8.69. The van der Waals surface area contributed by atoms with E-state index in [1.54, 1.807) is 0 Å². The Morgan fingerprint density at radius 3 is 2.89 bits per heavy atom. The number of likely N-dealkylation sites (tertiary alicyclic amines) is 1. The molecule has 18 heavy (non-hydrogen) atoms. The number of aromatic nitrogens is 2. The molecule has 0 saturated carbocycles. The van der Waals surface area contributed by atoms with E-state index in [-0.39, 0.29) is 18.0 Å². The van der Waals surface area contributed by atoms with Crippen molar-refractivity contribution in [1.82, 2.24) is 14.5 Å². The van der Waals surface area contributed by atoms with Crippen LogP contribution in [-0.2, 0) is 11.3 Å². The minimum absolute atomic E-state index is 0.00148. The zero-order valence-electron chi connectivity index (χ0n) is 11.2. The van der Waals surface area contributed by atoms with Crippen LogP contribution in [0.2, 0.25) is 0 Å². The molecule has 1 amide bonds. The molecule has 1 aliphatic heterocycles. The summed E-state index contributed by atoms with van der Waals surface area (Å²) in [5.74, 6) is 0.208. The van der Waals surface area contributed by atoms with Crippen LogP contribution in [0.1, 0.15) is 44.8 Å². The fraction of sp³-hybridized carbons (Fsp3) is 0.692. The van der Waals surface area contributed by atoms with Crippen molar-refractivity contribution in [1.29, 1.82) is 0 Å². The van der Waals surface area contributed by atoms with Crippen LogP contribution in [0.5, 0.6) is 0 Å². The number of amides is 1. The highest BCUT2D eigenvalue weighted by Gasteiger charge is 2.33. The second kappa shape index (κ2) is 5.52. The highest BCUT2D eigenvalue weighted by Crippen LogP contribution is 2.29. The topological polar surface area (TPSA) is 64.2 Å². The summed E-state index contributed by atoms with van der Waals surface area (Å²) in [4.78, 5) is 18.2. The lowest BCUT2D eigenvalue weighted by molar-refractivity contribution is -0.133. The van der Waals surface area contributed by atoms with Gasteiger partial charge in [-0.1, -0.05) is 0 Å². The van der Waals surface area contributed by atoms with Gasteiger partial charge < -0.3 is 15.2 Å². The first-order valence-corrected chi connectivity index (χ1v) is 6.74. The Morgan fingerprint density at radius 1 is 1.44 bits per heavy atom. The van der Waals surface area contributed by atoms with Gasteiger partial charge in [-0.25, -0.2) is 4.98 Å². The predicted octanol–water partition coefficient (Wildman–Crippen LogP) is 1.30. The number of nitrogens with zero attached hydrogens (tertiary/aromatic N) is 3. The summed E-state index contributed by atoms with van der Waals surface area (Å²) in [7, 11) is 0. The van der Waals surface area contributed by atoms with Crippen LogP contribution >= 0.6 is 0 Å².